The Morgan fingerprint density at radius 1 is 0.769 bits per heavy atom. The van der Waals surface area contributed by atoms with Gasteiger partial charge in [-0.25, -0.2) is 0 Å². The molecule has 0 N–H and O–H groups in total. The second-order valence-electron chi connectivity index (χ2n) is 6.54. The lowest BCUT2D eigenvalue weighted by Crippen LogP contribution is -1.92. The van der Waals surface area contributed by atoms with Crippen LogP contribution in [0, 0.1) is 3.57 Å². The third-order valence-electron chi connectivity index (χ3n) is 5.13. The Labute approximate surface area is 173 Å². The molecule has 0 fully saturated rings. The lowest BCUT2D eigenvalue weighted by molar-refractivity contribution is 1.02. The van der Waals surface area contributed by atoms with Crippen LogP contribution in [0.15, 0.2) is 77.3 Å². The minimum Gasteiger partial charge on any atom is -0.343 e. The average Bonchev–Trinajstić information content (AvgIpc) is 2.97. The topological polar surface area (TPSA) is 4.93 Å². The Hall–Kier alpha value is -1.85. The van der Waals surface area contributed by atoms with Gasteiger partial charge in [-0.2, -0.15) is 0 Å². The molecule has 3 heteroatoms. The molecule has 0 aliphatic rings. The SMILES string of the molecule is Cn1c2ccccc2c2c(-c3ccc(Br)cc3)c(I)c3ccccc3c21. The highest BCUT2D eigenvalue weighted by atomic mass is 127. The molecular formula is C23H15BrIN. The summed E-state index contributed by atoms with van der Waals surface area (Å²) in [6, 6.07) is 26.1. The quantitative estimate of drug-likeness (QED) is 0.205. The van der Waals surface area contributed by atoms with Crippen molar-refractivity contribution in [3.05, 3.63) is 80.8 Å². The third-order valence-corrected chi connectivity index (χ3v) is 6.78. The molecule has 5 aromatic rings. The van der Waals surface area contributed by atoms with Crippen molar-refractivity contribution in [2.75, 3.05) is 0 Å². The monoisotopic (exact) mass is 511 g/mol. The first kappa shape index (κ1) is 16.3. The molecule has 1 heterocycles. The molecule has 1 aromatic heterocycles. The van der Waals surface area contributed by atoms with Gasteiger partial charge in [-0.15, -0.1) is 0 Å². The molecule has 0 aliphatic carbocycles. The Balaban J connectivity index is 2.11. The third kappa shape index (κ3) is 2.26. The largest absolute Gasteiger partial charge is 0.343 e. The van der Waals surface area contributed by atoms with Gasteiger partial charge in [-0.05, 0) is 51.7 Å². The van der Waals surface area contributed by atoms with Crippen molar-refractivity contribution in [2.45, 2.75) is 0 Å². The zero-order valence-corrected chi connectivity index (χ0v) is 17.9. The smallest absolute Gasteiger partial charge is 0.0575 e. The molecule has 0 unspecified atom stereocenters. The van der Waals surface area contributed by atoms with E-state index in [0.29, 0.717) is 0 Å². The summed E-state index contributed by atoms with van der Waals surface area (Å²) in [5.74, 6) is 0. The fourth-order valence-corrected chi connectivity index (χ4v) is 5.29. The number of hydrogen-bond donors (Lipinski definition) is 0. The van der Waals surface area contributed by atoms with Crippen molar-refractivity contribution in [3.63, 3.8) is 0 Å². The number of hydrogen-bond acceptors (Lipinski definition) is 0. The maximum absolute atomic E-state index is 3.56. The number of fused-ring (bicyclic) bond motifs is 5. The van der Waals surface area contributed by atoms with Crippen LogP contribution in [0.5, 0.6) is 0 Å². The van der Waals surface area contributed by atoms with Crippen LogP contribution in [-0.2, 0) is 7.05 Å². The van der Waals surface area contributed by atoms with Crippen LogP contribution in [0.25, 0.3) is 43.7 Å². The van der Waals surface area contributed by atoms with E-state index in [4.69, 9.17) is 0 Å². The predicted molar refractivity (Wildman–Crippen MR) is 124 cm³/mol. The van der Waals surface area contributed by atoms with Gasteiger partial charge in [0.2, 0.25) is 0 Å². The van der Waals surface area contributed by atoms with Crippen LogP contribution in [0.1, 0.15) is 0 Å². The molecule has 5 rings (SSSR count). The normalized spacial score (nSPS) is 11.7. The van der Waals surface area contributed by atoms with E-state index in [9.17, 15) is 0 Å². The first-order valence-electron chi connectivity index (χ1n) is 8.50. The van der Waals surface area contributed by atoms with Gasteiger partial charge in [0.05, 0.1) is 5.52 Å². The van der Waals surface area contributed by atoms with Crippen molar-refractivity contribution < 1.29 is 0 Å². The minimum atomic E-state index is 1.10. The van der Waals surface area contributed by atoms with E-state index in [1.54, 1.807) is 0 Å². The van der Waals surface area contributed by atoms with E-state index in [2.05, 4.69) is 123 Å². The van der Waals surface area contributed by atoms with E-state index in [1.165, 1.54) is 47.3 Å². The molecule has 0 amide bonds. The molecule has 4 aromatic carbocycles. The first-order valence-corrected chi connectivity index (χ1v) is 10.4. The van der Waals surface area contributed by atoms with E-state index < -0.39 is 0 Å². The highest BCUT2D eigenvalue weighted by Gasteiger charge is 2.19. The van der Waals surface area contributed by atoms with Crippen LogP contribution < -0.4 is 0 Å². The van der Waals surface area contributed by atoms with Gasteiger partial charge in [-0.1, -0.05) is 70.5 Å². The van der Waals surface area contributed by atoms with Gasteiger partial charge in [-0.3, -0.25) is 0 Å². The summed E-state index contributed by atoms with van der Waals surface area (Å²) in [5.41, 5.74) is 5.15. The fraction of sp³-hybridized carbons (Fsp3) is 0.0435. The van der Waals surface area contributed by atoms with E-state index >= 15 is 0 Å². The van der Waals surface area contributed by atoms with E-state index in [0.717, 1.165) is 4.47 Å². The lowest BCUT2D eigenvalue weighted by Gasteiger charge is -2.13. The van der Waals surface area contributed by atoms with E-state index in [1.807, 2.05) is 0 Å². The number of nitrogens with zero attached hydrogens (tertiary/aromatic N) is 1. The Morgan fingerprint density at radius 2 is 1.38 bits per heavy atom. The number of halogens is 2. The van der Waals surface area contributed by atoms with Gasteiger partial charge in [0.1, 0.15) is 0 Å². The zero-order valence-electron chi connectivity index (χ0n) is 14.1. The van der Waals surface area contributed by atoms with Crippen LogP contribution in [-0.4, -0.2) is 4.57 Å². The van der Waals surface area contributed by atoms with Crippen LogP contribution in [0.4, 0.5) is 0 Å². The minimum absolute atomic E-state index is 1.10. The molecule has 126 valence electrons. The van der Waals surface area contributed by atoms with Gasteiger partial charge < -0.3 is 4.57 Å². The Kier molecular flexibility index (Phi) is 3.83. The molecule has 0 saturated carbocycles. The summed E-state index contributed by atoms with van der Waals surface area (Å²) in [5, 5.41) is 5.27. The molecule has 1 nitrogen and oxygen atoms in total. The van der Waals surface area contributed by atoms with Crippen molar-refractivity contribution in [1.82, 2.24) is 4.57 Å². The number of para-hydroxylation sites is 1. The summed E-state index contributed by atoms with van der Waals surface area (Å²) >= 11 is 6.08. The standard InChI is InChI=1S/C23H15BrIN/c1-26-19-9-5-4-8-18(19)21-20(14-10-12-15(24)13-11-14)22(25)16-6-2-3-7-17(16)23(21)26/h2-13H,1H3. The van der Waals surface area contributed by atoms with Crippen LogP contribution in [0.2, 0.25) is 0 Å². The molecule has 26 heavy (non-hydrogen) atoms. The molecule has 0 bridgehead atoms. The summed E-state index contributed by atoms with van der Waals surface area (Å²) in [4.78, 5) is 0. The Bertz CT molecular complexity index is 1300. The number of aryl methyl sites for hydroxylation is 1. The maximum atomic E-state index is 3.56. The number of aromatic nitrogens is 1. The highest BCUT2D eigenvalue weighted by Crippen LogP contribution is 2.44. The maximum Gasteiger partial charge on any atom is 0.0575 e. The van der Waals surface area contributed by atoms with Gasteiger partial charge >= 0.3 is 0 Å². The van der Waals surface area contributed by atoms with Crippen molar-refractivity contribution in [1.29, 1.82) is 0 Å². The zero-order chi connectivity index (χ0) is 17.8. The van der Waals surface area contributed by atoms with Crippen molar-refractivity contribution >= 4 is 71.1 Å². The molecule has 0 spiro atoms. The fourth-order valence-electron chi connectivity index (χ4n) is 3.97. The van der Waals surface area contributed by atoms with Gasteiger partial charge in [0, 0.05) is 42.3 Å². The second kappa shape index (κ2) is 6.10. The van der Waals surface area contributed by atoms with Crippen LogP contribution in [0.3, 0.4) is 0 Å². The van der Waals surface area contributed by atoms with Crippen molar-refractivity contribution in [2.24, 2.45) is 7.05 Å². The summed E-state index contributed by atoms with van der Waals surface area (Å²) in [6.45, 7) is 0. The number of benzene rings is 4. The molecule has 0 radical (unpaired) electrons. The molecular weight excluding hydrogens is 497 g/mol. The first-order chi connectivity index (χ1) is 12.7. The van der Waals surface area contributed by atoms with Crippen molar-refractivity contribution in [3.8, 4) is 11.1 Å². The second-order valence-corrected chi connectivity index (χ2v) is 8.54. The van der Waals surface area contributed by atoms with E-state index in [-0.39, 0.29) is 0 Å². The molecule has 0 saturated heterocycles. The van der Waals surface area contributed by atoms with Gasteiger partial charge in [0.15, 0.2) is 0 Å². The summed E-state index contributed by atoms with van der Waals surface area (Å²) in [6.07, 6.45) is 0. The number of rotatable bonds is 1. The predicted octanol–water partition coefficient (Wildman–Crippen LogP) is 7.52. The summed E-state index contributed by atoms with van der Waals surface area (Å²) in [7, 11) is 2.18. The highest BCUT2D eigenvalue weighted by molar-refractivity contribution is 14.1. The van der Waals surface area contributed by atoms with Gasteiger partial charge in [0.25, 0.3) is 0 Å². The molecule has 0 atom stereocenters. The average molecular weight is 512 g/mol. The Morgan fingerprint density at radius 3 is 2.12 bits per heavy atom. The van der Waals surface area contributed by atoms with Crippen LogP contribution >= 0.6 is 38.5 Å². The lowest BCUT2D eigenvalue weighted by atomic mass is 9.95. The summed E-state index contributed by atoms with van der Waals surface area (Å²) < 4.78 is 4.75. The molecule has 0 aliphatic heterocycles.